The van der Waals surface area contributed by atoms with Crippen LogP contribution in [-0.2, 0) is 14.3 Å². The second-order valence-corrected chi connectivity index (χ2v) is 11.3. The Morgan fingerprint density at radius 1 is 1.02 bits per heavy atom. The van der Waals surface area contributed by atoms with Gasteiger partial charge in [0.1, 0.15) is 17.7 Å². The van der Waals surface area contributed by atoms with E-state index in [0.29, 0.717) is 17.7 Å². The molecule has 2 aromatic rings. The maximum Gasteiger partial charge on any atom is 0.408 e. The van der Waals surface area contributed by atoms with Gasteiger partial charge in [-0.25, -0.2) is 4.79 Å². The monoisotopic (exact) mass is 565 g/mol. The number of hydrogen-bond acceptors (Lipinski definition) is 5. The molecular formula is C33H47N3O5. The van der Waals surface area contributed by atoms with Gasteiger partial charge in [-0.2, -0.15) is 0 Å². The number of carbonyl (C=O) groups is 3. The van der Waals surface area contributed by atoms with Crippen molar-refractivity contribution < 1.29 is 24.2 Å². The van der Waals surface area contributed by atoms with Crippen LogP contribution in [0.5, 0.6) is 0 Å². The first-order valence-corrected chi connectivity index (χ1v) is 14.5. The van der Waals surface area contributed by atoms with E-state index < -0.39 is 42.2 Å². The number of alkyl carbamates (subject to hydrolysis) is 1. The maximum atomic E-state index is 14.0. The predicted octanol–water partition coefficient (Wildman–Crippen LogP) is 6.39. The van der Waals surface area contributed by atoms with E-state index in [-0.39, 0.29) is 6.54 Å². The van der Waals surface area contributed by atoms with Crippen molar-refractivity contribution in [2.75, 3.05) is 18.5 Å². The lowest BCUT2D eigenvalue weighted by Crippen LogP contribution is -2.54. The van der Waals surface area contributed by atoms with Crippen LogP contribution in [0, 0.1) is 6.92 Å². The second-order valence-electron chi connectivity index (χ2n) is 11.3. The summed E-state index contributed by atoms with van der Waals surface area (Å²) >= 11 is 0. The molecule has 224 valence electrons. The number of hydrogen-bond donors (Lipinski definition) is 3. The molecule has 2 aromatic carbocycles. The fraction of sp³-hybridized carbons (Fsp3) is 0.485. The lowest BCUT2D eigenvalue weighted by atomic mass is 9.99. The molecule has 0 aliphatic heterocycles. The van der Waals surface area contributed by atoms with E-state index >= 15 is 0 Å². The molecule has 0 spiro atoms. The molecule has 0 bridgehead atoms. The Morgan fingerprint density at radius 3 is 2.34 bits per heavy atom. The minimum atomic E-state index is -1.29. The molecule has 41 heavy (non-hydrogen) atoms. The van der Waals surface area contributed by atoms with Gasteiger partial charge >= 0.3 is 6.09 Å². The van der Waals surface area contributed by atoms with Crippen LogP contribution >= 0.6 is 0 Å². The van der Waals surface area contributed by atoms with Gasteiger partial charge in [-0.1, -0.05) is 88.1 Å². The first-order valence-electron chi connectivity index (χ1n) is 14.5. The van der Waals surface area contributed by atoms with E-state index in [1.807, 2.05) is 49.4 Å². The number of aliphatic hydroxyl groups is 1. The quantitative estimate of drug-likeness (QED) is 0.217. The zero-order valence-corrected chi connectivity index (χ0v) is 25.2. The predicted molar refractivity (Wildman–Crippen MR) is 164 cm³/mol. The van der Waals surface area contributed by atoms with E-state index in [0.717, 1.165) is 43.2 Å². The lowest BCUT2D eigenvalue weighted by molar-refractivity contribution is -0.141. The molecule has 0 saturated heterocycles. The van der Waals surface area contributed by atoms with Gasteiger partial charge in [0.15, 0.2) is 0 Å². The Balaban J connectivity index is 2.49. The minimum Gasteiger partial charge on any atom is -0.444 e. The van der Waals surface area contributed by atoms with Gasteiger partial charge in [0.2, 0.25) is 5.91 Å². The summed E-state index contributed by atoms with van der Waals surface area (Å²) in [5.41, 5.74) is 2.13. The normalized spacial score (nSPS) is 12.6. The highest BCUT2D eigenvalue weighted by atomic mass is 16.6. The number of nitrogens with zero attached hydrogens (tertiary/aromatic N) is 1. The average Bonchev–Trinajstić information content (AvgIpc) is 2.92. The van der Waals surface area contributed by atoms with Crippen molar-refractivity contribution in [3.05, 3.63) is 71.8 Å². The molecular weight excluding hydrogens is 518 g/mol. The first-order chi connectivity index (χ1) is 19.5. The molecule has 3 amide bonds. The van der Waals surface area contributed by atoms with Crippen LogP contribution in [0.15, 0.2) is 55.1 Å². The van der Waals surface area contributed by atoms with Crippen LogP contribution in [0.4, 0.5) is 10.5 Å². The van der Waals surface area contributed by atoms with Gasteiger partial charge in [-0.3, -0.25) is 9.59 Å². The SMILES string of the molecule is C=Cc1cccc(C(C(=O)Nc2ccccc2C)N(CCCCCCCC)C(=O)C(CO)NC(=O)OC(C)(C)C)c1. The van der Waals surface area contributed by atoms with Gasteiger partial charge in [0, 0.05) is 12.2 Å². The second kappa shape index (κ2) is 16.6. The molecule has 8 nitrogen and oxygen atoms in total. The third-order valence-corrected chi connectivity index (χ3v) is 6.63. The molecule has 0 saturated carbocycles. The number of carbonyl (C=O) groups excluding carboxylic acids is 3. The summed E-state index contributed by atoms with van der Waals surface area (Å²) in [4.78, 5) is 42.0. The molecule has 0 heterocycles. The van der Waals surface area contributed by atoms with Gasteiger partial charge in [0.25, 0.3) is 5.91 Å². The summed E-state index contributed by atoms with van der Waals surface area (Å²) in [6, 6.07) is 12.4. The third-order valence-electron chi connectivity index (χ3n) is 6.63. The van der Waals surface area contributed by atoms with Crippen molar-refractivity contribution in [1.82, 2.24) is 10.2 Å². The van der Waals surface area contributed by atoms with Crippen LogP contribution in [0.1, 0.15) is 89.0 Å². The van der Waals surface area contributed by atoms with E-state index in [2.05, 4.69) is 24.1 Å². The van der Waals surface area contributed by atoms with Crippen molar-refractivity contribution in [1.29, 1.82) is 0 Å². The van der Waals surface area contributed by atoms with Crippen molar-refractivity contribution >= 4 is 29.7 Å². The molecule has 0 aliphatic carbocycles. The molecule has 3 N–H and O–H groups in total. The Bertz CT molecular complexity index is 1160. The highest BCUT2D eigenvalue weighted by molar-refractivity contribution is 5.99. The molecule has 0 radical (unpaired) electrons. The fourth-order valence-corrected chi connectivity index (χ4v) is 4.51. The molecule has 0 fully saturated rings. The molecule has 2 unspecified atom stereocenters. The molecule has 2 rings (SSSR count). The molecule has 8 heteroatoms. The molecule has 2 atom stereocenters. The maximum absolute atomic E-state index is 14.0. The number of amides is 3. The number of benzene rings is 2. The van der Waals surface area contributed by atoms with Crippen molar-refractivity contribution in [3.63, 3.8) is 0 Å². The van der Waals surface area contributed by atoms with Gasteiger partial charge in [-0.05, 0) is 62.9 Å². The number of nitrogens with one attached hydrogen (secondary N) is 2. The van der Waals surface area contributed by atoms with Crippen molar-refractivity contribution in [2.45, 2.75) is 90.8 Å². The number of unbranched alkanes of at least 4 members (excludes halogenated alkanes) is 5. The van der Waals surface area contributed by atoms with Crippen molar-refractivity contribution in [2.24, 2.45) is 0 Å². The van der Waals surface area contributed by atoms with Gasteiger partial charge in [0.05, 0.1) is 6.61 Å². The fourth-order valence-electron chi connectivity index (χ4n) is 4.51. The van der Waals surface area contributed by atoms with E-state index in [1.165, 1.54) is 4.90 Å². The van der Waals surface area contributed by atoms with Gasteiger partial charge in [-0.15, -0.1) is 0 Å². The third kappa shape index (κ3) is 11.0. The number of para-hydroxylation sites is 1. The van der Waals surface area contributed by atoms with Crippen LogP contribution < -0.4 is 10.6 Å². The summed E-state index contributed by atoms with van der Waals surface area (Å²) in [6.07, 6.45) is 6.79. The topological polar surface area (TPSA) is 108 Å². The first kappa shape index (κ1) is 33.6. The average molecular weight is 566 g/mol. The standard InChI is InChI=1S/C33H47N3O5/c1-7-9-10-11-12-15-21-36(31(39)28(23-37)35-32(40)41-33(4,5)6)29(26-19-16-18-25(8-2)22-26)30(38)34-27-20-14-13-17-24(27)3/h8,13-14,16-20,22,28-29,37H,2,7,9-12,15,21,23H2,1,3-6H3,(H,34,38)(H,35,40). The smallest absolute Gasteiger partial charge is 0.408 e. The summed E-state index contributed by atoms with van der Waals surface area (Å²) < 4.78 is 5.33. The highest BCUT2D eigenvalue weighted by Gasteiger charge is 2.36. The van der Waals surface area contributed by atoms with E-state index in [9.17, 15) is 19.5 Å². The summed E-state index contributed by atoms with van der Waals surface area (Å²) in [7, 11) is 0. The van der Waals surface area contributed by atoms with Crippen LogP contribution in [0.25, 0.3) is 6.08 Å². The van der Waals surface area contributed by atoms with Gasteiger partial charge < -0.3 is 25.4 Å². The molecule has 0 aliphatic rings. The minimum absolute atomic E-state index is 0.266. The number of ether oxygens (including phenoxy) is 1. The highest BCUT2D eigenvalue weighted by Crippen LogP contribution is 2.27. The van der Waals surface area contributed by atoms with Crippen molar-refractivity contribution in [3.8, 4) is 0 Å². The lowest BCUT2D eigenvalue weighted by Gasteiger charge is -2.34. The summed E-state index contributed by atoms with van der Waals surface area (Å²) in [5.74, 6) is -0.963. The Labute approximate surface area is 245 Å². The zero-order chi connectivity index (χ0) is 30.4. The molecule has 0 aromatic heterocycles. The Kier molecular flexibility index (Phi) is 13.6. The number of rotatable bonds is 15. The number of aliphatic hydroxyl groups excluding tert-OH is 1. The van der Waals surface area contributed by atoms with E-state index in [1.54, 1.807) is 32.9 Å². The largest absolute Gasteiger partial charge is 0.444 e. The summed E-state index contributed by atoms with van der Waals surface area (Å²) in [6.45, 7) is 12.7. The van der Waals surface area contributed by atoms with Crippen LogP contribution in [-0.4, -0.2) is 52.7 Å². The number of anilines is 1. The number of aryl methyl sites for hydroxylation is 1. The summed E-state index contributed by atoms with van der Waals surface area (Å²) in [5, 5.41) is 15.7. The van der Waals surface area contributed by atoms with Crippen LogP contribution in [0.3, 0.4) is 0 Å². The Morgan fingerprint density at radius 2 is 1.71 bits per heavy atom. The zero-order valence-electron chi connectivity index (χ0n) is 25.2. The van der Waals surface area contributed by atoms with E-state index in [4.69, 9.17) is 4.74 Å². The Hall–Kier alpha value is -3.65. The van der Waals surface area contributed by atoms with Crippen LogP contribution in [0.2, 0.25) is 0 Å².